The molecule has 0 unspecified atom stereocenters. The number of hydrogen-bond donors (Lipinski definition) is 0. The van der Waals surface area contributed by atoms with Gasteiger partial charge in [-0.1, -0.05) is 26.2 Å². The predicted octanol–water partition coefficient (Wildman–Crippen LogP) is 2.84. The van der Waals surface area contributed by atoms with E-state index >= 15 is 0 Å². The van der Waals surface area contributed by atoms with Crippen molar-refractivity contribution in [2.75, 3.05) is 19.8 Å². The summed E-state index contributed by atoms with van der Waals surface area (Å²) in [6, 6.07) is 0. The lowest BCUT2D eigenvalue weighted by molar-refractivity contribution is -0.0546. The molecule has 0 aromatic carbocycles. The zero-order chi connectivity index (χ0) is 14.1. The van der Waals surface area contributed by atoms with Gasteiger partial charge >= 0.3 is 15.6 Å². The first-order valence-electron chi connectivity index (χ1n) is 5.84. The highest BCUT2D eigenvalue weighted by atomic mass is 32.2. The van der Waals surface area contributed by atoms with E-state index < -0.39 is 22.2 Å². The fourth-order valence-corrected chi connectivity index (χ4v) is 1.60. The molecule has 0 aliphatic heterocycles. The number of hydrogen-bond acceptors (Lipinski definition) is 4. The molecule has 110 valence electrons. The molecule has 0 aromatic rings. The van der Waals surface area contributed by atoms with Gasteiger partial charge in [0.15, 0.2) is 0 Å². The van der Waals surface area contributed by atoms with Crippen molar-refractivity contribution < 1.29 is 30.5 Å². The van der Waals surface area contributed by atoms with Crippen LogP contribution in [0.25, 0.3) is 0 Å². The van der Waals surface area contributed by atoms with Crippen molar-refractivity contribution in [1.82, 2.24) is 0 Å². The van der Waals surface area contributed by atoms with Crippen LogP contribution in [0, 0.1) is 0 Å². The second-order valence-corrected chi connectivity index (χ2v) is 5.36. The summed E-state index contributed by atoms with van der Waals surface area (Å²) in [5.41, 5.74) is -5.35. The van der Waals surface area contributed by atoms with Gasteiger partial charge in [-0.05, 0) is 12.8 Å². The highest BCUT2D eigenvalue weighted by Gasteiger charge is 2.47. The molecule has 0 N–H and O–H groups in total. The van der Waals surface area contributed by atoms with Crippen LogP contribution in [0.4, 0.5) is 13.2 Å². The second-order valence-electron chi connectivity index (χ2n) is 3.75. The van der Waals surface area contributed by atoms with E-state index in [2.05, 4.69) is 11.1 Å². The first-order valence-corrected chi connectivity index (χ1v) is 7.25. The van der Waals surface area contributed by atoms with Gasteiger partial charge < -0.3 is 4.74 Å². The van der Waals surface area contributed by atoms with Gasteiger partial charge in [-0.2, -0.15) is 21.6 Å². The fraction of sp³-hybridized carbons (Fsp3) is 1.00. The van der Waals surface area contributed by atoms with Crippen molar-refractivity contribution in [3.63, 3.8) is 0 Å². The average molecular weight is 292 g/mol. The molecule has 0 atom stereocenters. The van der Waals surface area contributed by atoms with Gasteiger partial charge in [-0.25, -0.2) is 0 Å². The molecule has 0 fully saturated rings. The minimum Gasteiger partial charge on any atom is -0.381 e. The predicted molar refractivity (Wildman–Crippen MR) is 60.5 cm³/mol. The molecular weight excluding hydrogens is 273 g/mol. The van der Waals surface area contributed by atoms with E-state index in [1.807, 2.05) is 0 Å². The van der Waals surface area contributed by atoms with Crippen LogP contribution in [0.1, 0.15) is 39.0 Å². The molecule has 0 aromatic heterocycles. The van der Waals surface area contributed by atoms with Crippen LogP contribution in [0.15, 0.2) is 0 Å². The van der Waals surface area contributed by atoms with E-state index in [-0.39, 0.29) is 13.0 Å². The Hall–Kier alpha value is -0.340. The number of ether oxygens (including phenoxy) is 1. The number of unbranched alkanes of at least 4 members (excludes halogenated alkanes) is 3. The van der Waals surface area contributed by atoms with Gasteiger partial charge in [0.05, 0.1) is 6.61 Å². The quantitative estimate of drug-likeness (QED) is 0.353. The third kappa shape index (κ3) is 7.88. The maximum absolute atomic E-state index is 11.8. The Balaban J connectivity index is 3.47. The lowest BCUT2D eigenvalue weighted by Gasteiger charge is -2.08. The van der Waals surface area contributed by atoms with E-state index in [4.69, 9.17) is 4.74 Å². The lowest BCUT2D eigenvalue weighted by Crippen LogP contribution is -2.26. The Morgan fingerprint density at radius 1 is 0.944 bits per heavy atom. The van der Waals surface area contributed by atoms with Crippen LogP contribution in [0.3, 0.4) is 0 Å². The van der Waals surface area contributed by atoms with Crippen molar-refractivity contribution in [3.8, 4) is 0 Å². The van der Waals surface area contributed by atoms with E-state index in [9.17, 15) is 21.6 Å². The first-order chi connectivity index (χ1) is 8.31. The van der Waals surface area contributed by atoms with Gasteiger partial charge in [-0.3, -0.25) is 4.18 Å². The lowest BCUT2D eigenvalue weighted by atomic mass is 10.2. The molecule has 0 aliphatic rings. The zero-order valence-corrected chi connectivity index (χ0v) is 11.1. The van der Waals surface area contributed by atoms with Crippen LogP contribution in [-0.4, -0.2) is 33.7 Å². The molecular formula is C10H19F3O4S. The molecule has 0 spiro atoms. The summed E-state index contributed by atoms with van der Waals surface area (Å²) in [6.07, 6.45) is 4.30. The normalized spacial score (nSPS) is 12.9. The molecule has 0 saturated heterocycles. The van der Waals surface area contributed by atoms with E-state index in [1.165, 1.54) is 0 Å². The molecule has 0 radical (unpaired) electrons. The maximum atomic E-state index is 11.8. The van der Waals surface area contributed by atoms with Crippen LogP contribution in [0.2, 0.25) is 0 Å². The topological polar surface area (TPSA) is 52.6 Å². The monoisotopic (exact) mass is 292 g/mol. The Morgan fingerprint density at radius 3 is 2.11 bits per heavy atom. The van der Waals surface area contributed by atoms with Gasteiger partial charge in [0, 0.05) is 13.2 Å². The van der Waals surface area contributed by atoms with Crippen LogP contribution in [0.5, 0.6) is 0 Å². The number of rotatable bonds is 10. The third-order valence-corrected chi connectivity index (χ3v) is 3.14. The van der Waals surface area contributed by atoms with Gasteiger partial charge in [-0.15, -0.1) is 0 Å². The van der Waals surface area contributed by atoms with Crippen molar-refractivity contribution in [2.24, 2.45) is 0 Å². The van der Waals surface area contributed by atoms with Gasteiger partial charge in [0.1, 0.15) is 0 Å². The SMILES string of the molecule is CCCCCCOCCCOS(=O)(=O)C(F)(F)F. The molecule has 0 aliphatic carbocycles. The highest BCUT2D eigenvalue weighted by molar-refractivity contribution is 7.87. The summed E-state index contributed by atoms with van der Waals surface area (Å²) in [6.45, 7) is 2.29. The van der Waals surface area contributed by atoms with E-state index in [0.29, 0.717) is 6.61 Å². The van der Waals surface area contributed by atoms with Crippen LogP contribution in [-0.2, 0) is 19.0 Å². The Labute approximate surface area is 106 Å². The summed E-state index contributed by atoms with van der Waals surface area (Å²) in [7, 11) is -5.46. The van der Waals surface area contributed by atoms with Gasteiger partial charge in [0.25, 0.3) is 0 Å². The number of halogens is 3. The zero-order valence-electron chi connectivity index (χ0n) is 10.3. The molecule has 18 heavy (non-hydrogen) atoms. The maximum Gasteiger partial charge on any atom is 0.523 e. The third-order valence-electron chi connectivity index (χ3n) is 2.10. The van der Waals surface area contributed by atoms with Crippen molar-refractivity contribution in [1.29, 1.82) is 0 Å². The summed E-state index contributed by atoms with van der Waals surface area (Å²) >= 11 is 0. The summed E-state index contributed by atoms with van der Waals surface area (Å²) in [5.74, 6) is 0. The van der Waals surface area contributed by atoms with Crippen LogP contribution < -0.4 is 0 Å². The minimum absolute atomic E-state index is 0.114. The van der Waals surface area contributed by atoms with Crippen molar-refractivity contribution in [3.05, 3.63) is 0 Å². The average Bonchev–Trinajstić information content (AvgIpc) is 2.25. The first kappa shape index (κ1) is 17.7. The Morgan fingerprint density at radius 2 is 1.56 bits per heavy atom. The molecule has 0 saturated carbocycles. The highest BCUT2D eigenvalue weighted by Crippen LogP contribution is 2.24. The standard InChI is InChI=1S/C10H19F3O4S/c1-2-3-4-5-7-16-8-6-9-17-18(14,15)10(11,12)13/h2-9H2,1H3. The molecule has 0 rings (SSSR count). The van der Waals surface area contributed by atoms with E-state index in [0.717, 1.165) is 25.7 Å². The molecule has 0 bridgehead atoms. The van der Waals surface area contributed by atoms with Crippen LogP contribution >= 0.6 is 0 Å². The molecule has 0 amide bonds. The summed E-state index contributed by atoms with van der Waals surface area (Å²) in [4.78, 5) is 0. The Bertz CT molecular complexity index is 301. The minimum atomic E-state index is -5.46. The second kappa shape index (κ2) is 8.71. The van der Waals surface area contributed by atoms with E-state index in [1.54, 1.807) is 0 Å². The fourth-order valence-electron chi connectivity index (χ4n) is 1.13. The molecule has 0 heterocycles. The summed E-state index contributed by atoms with van der Waals surface area (Å²) in [5, 5.41) is 0. The van der Waals surface area contributed by atoms with Crippen molar-refractivity contribution in [2.45, 2.75) is 44.5 Å². The molecule has 8 heteroatoms. The largest absolute Gasteiger partial charge is 0.523 e. The smallest absolute Gasteiger partial charge is 0.381 e. The van der Waals surface area contributed by atoms with Gasteiger partial charge in [0.2, 0.25) is 0 Å². The summed E-state index contributed by atoms with van der Waals surface area (Å²) < 4.78 is 65.4. The molecule has 4 nitrogen and oxygen atoms in total. The van der Waals surface area contributed by atoms with Crippen molar-refractivity contribution >= 4 is 10.1 Å². The Kier molecular flexibility index (Phi) is 8.54. The number of alkyl halides is 3.